The Bertz CT molecular complexity index is 232. The first kappa shape index (κ1) is 15.8. The van der Waals surface area contributed by atoms with Crippen LogP contribution in [0.15, 0.2) is 0 Å². The normalized spacial score (nSPS) is 14.6. The molecule has 0 fully saturated rings. The average Bonchev–Trinajstić information content (AvgIpc) is 2.22. The molecule has 0 amide bonds. The Balaban J connectivity index is 3.78. The predicted molar refractivity (Wildman–Crippen MR) is 66.8 cm³/mol. The van der Waals surface area contributed by atoms with Crippen LogP contribution >= 0.6 is 25.3 Å². The van der Waals surface area contributed by atoms with Gasteiger partial charge in [0.25, 0.3) is 0 Å². The van der Waals surface area contributed by atoms with Gasteiger partial charge in [-0.15, -0.1) is 0 Å². The summed E-state index contributed by atoms with van der Waals surface area (Å²) in [6.45, 7) is 0. The third kappa shape index (κ3) is 6.86. The third-order valence-corrected chi connectivity index (χ3v) is 7.75. The fourth-order valence-corrected chi connectivity index (χ4v) is 6.76. The molecule has 0 aliphatic rings. The zero-order valence-corrected chi connectivity index (χ0v) is 12.8. The van der Waals surface area contributed by atoms with Gasteiger partial charge in [-0.3, -0.25) is 0 Å². The van der Waals surface area contributed by atoms with Crippen molar-refractivity contribution in [2.75, 3.05) is 11.5 Å². The maximum absolute atomic E-state index is 11.3. The molecule has 0 aromatic rings. The van der Waals surface area contributed by atoms with Crippen LogP contribution < -0.4 is 10.1 Å². The summed E-state index contributed by atoms with van der Waals surface area (Å²) in [4.78, 5) is 21.9. The van der Waals surface area contributed by atoms with Crippen molar-refractivity contribution in [3.8, 4) is 0 Å². The van der Waals surface area contributed by atoms with E-state index >= 15 is 0 Å². The molecule has 15 heavy (non-hydrogen) atoms. The Labute approximate surface area is 110 Å². The third-order valence-electron chi connectivity index (χ3n) is 1.29. The summed E-state index contributed by atoms with van der Waals surface area (Å²) in [5, 5.41) is 8.68. The molecule has 5 nitrogen and oxygen atoms in total. The van der Waals surface area contributed by atoms with Gasteiger partial charge >= 0.3 is 111 Å². The number of hydrogen-bond acceptors (Lipinski definition) is 6. The standard InChI is InChI=1S/C6H12N2O3S2Se2/c7-3(1-12)6(11)14-15-8-4(2-13)5(9)10/h3-4,8,12-13H,1-2,7H2,(H,9,10)/t3-,4-/m0/s1. The van der Waals surface area contributed by atoms with Crippen LogP contribution in [0, 0.1) is 0 Å². The van der Waals surface area contributed by atoms with E-state index in [0.29, 0.717) is 5.75 Å². The van der Waals surface area contributed by atoms with Gasteiger partial charge in [0.05, 0.1) is 0 Å². The molecule has 4 N–H and O–H groups in total. The summed E-state index contributed by atoms with van der Waals surface area (Å²) in [6, 6.07) is -1.22. The number of nitrogens with one attached hydrogen (secondary N) is 1. The number of rotatable bonds is 8. The van der Waals surface area contributed by atoms with E-state index in [1.165, 1.54) is 0 Å². The Morgan fingerprint density at radius 2 is 2.00 bits per heavy atom. The van der Waals surface area contributed by atoms with Crippen molar-refractivity contribution >= 4 is 62.4 Å². The number of carbonyl (C=O) groups is 2. The zero-order chi connectivity index (χ0) is 11.8. The molecule has 9 heteroatoms. The topological polar surface area (TPSA) is 92.4 Å². The summed E-state index contributed by atoms with van der Waals surface area (Å²) < 4.78 is 2.76. The minimum atomic E-state index is -0.950. The number of carboxylic acids is 1. The number of carbonyl (C=O) groups excluding carboxylic acids is 1. The van der Waals surface area contributed by atoms with E-state index < -0.39 is 18.1 Å². The first-order valence-electron chi connectivity index (χ1n) is 3.86. The van der Waals surface area contributed by atoms with E-state index in [0.717, 1.165) is 0 Å². The Morgan fingerprint density at radius 1 is 1.40 bits per heavy atom. The first-order valence-corrected chi connectivity index (χ1v) is 11.2. The molecule has 2 atom stereocenters. The average molecular weight is 382 g/mol. The van der Waals surface area contributed by atoms with Crippen molar-refractivity contribution in [3.05, 3.63) is 0 Å². The van der Waals surface area contributed by atoms with Crippen LogP contribution in [0.4, 0.5) is 0 Å². The van der Waals surface area contributed by atoms with Crippen molar-refractivity contribution in [2.45, 2.75) is 12.1 Å². The summed E-state index contributed by atoms with van der Waals surface area (Å²) >= 11 is 7.32. The maximum atomic E-state index is 11.3. The van der Waals surface area contributed by atoms with Gasteiger partial charge in [0, 0.05) is 0 Å². The van der Waals surface area contributed by atoms with E-state index in [1.54, 1.807) is 0 Å². The second-order valence-corrected chi connectivity index (χ2v) is 8.87. The van der Waals surface area contributed by atoms with Crippen molar-refractivity contribution in [2.24, 2.45) is 5.73 Å². The van der Waals surface area contributed by atoms with Crippen LogP contribution in [0.3, 0.4) is 0 Å². The Kier molecular flexibility index (Phi) is 9.37. The number of hydrogen-bond donors (Lipinski definition) is 5. The minimum absolute atomic E-state index is 0.0340. The van der Waals surface area contributed by atoms with Crippen LogP contribution in [-0.4, -0.2) is 65.8 Å². The molecule has 0 aromatic heterocycles. The van der Waals surface area contributed by atoms with Gasteiger partial charge in [0.1, 0.15) is 0 Å². The van der Waals surface area contributed by atoms with Crippen molar-refractivity contribution in [1.29, 1.82) is 0 Å². The second-order valence-electron chi connectivity index (χ2n) is 2.47. The molecule has 0 saturated heterocycles. The Hall–Kier alpha value is 0.799. The van der Waals surface area contributed by atoms with Crippen molar-refractivity contribution < 1.29 is 14.7 Å². The summed E-state index contributed by atoms with van der Waals surface area (Å²) in [6.07, 6.45) is 0. The monoisotopic (exact) mass is 384 g/mol. The second kappa shape index (κ2) is 8.89. The molecule has 0 unspecified atom stereocenters. The van der Waals surface area contributed by atoms with Crippen LogP contribution in [0.2, 0.25) is 0 Å². The van der Waals surface area contributed by atoms with E-state index in [4.69, 9.17) is 10.8 Å². The summed E-state index contributed by atoms with van der Waals surface area (Å²) in [7, 11) is 0. The predicted octanol–water partition coefficient (Wildman–Crippen LogP) is -2.02. The fraction of sp³-hybridized carbons (Fsp3) is 0.667. The van der Waals surface area contributed by atoms with Crippen molar-refractivity contribution in [1.82, 2.24) is 4.33 Å². The molecule has 0 saturated carbocycles. The summed E-state index contributed by atoms with van der Waals surface area (Å²) in [5.41, 5.74) is 5.47. The number of aliphatic carboxylic acids is 1. The quantitative estimate of drug-likeness (QED) is 0.247. The van der Waals surface area contributed by atoms with Crippen LogP contribution in [0.5, 0.6) is 0 Å². The summed E-state index contributed by atoms with van der Waals surface area (Å²) in [5.74, 6) is -0.417. The molecule has 0 rings (SSSR count). The van der Waals surface area contributed by atoms with Gasteiger partial charge < -0.3 is 0 Å². The SMILES string of the molecule is N[C@@H](CS)C(=O)[Se][Se]N[C@@H](CS)C(=O)O. The van der Waals surface area contributed by atoms with Gasteiger partial charge in [-0.05, 0) is 0 Å². The van der Waals surface area contributed by atoms with Gasteiger partial charge in [0.2, 0.25) is 0 Å². The van der Waals surface area contributed by atoms with Crippen LogP contribution in [0.25, 0.3) is 0 Å². The molecule has 0 aliphatic carbocycles. The molecular weight excluding hydrogens is 370 g/mol. The zero-order valence-electron chi connectivity index (χ0n) is 7.62. The van der Waals surface area contributed by atoms with Gasteiger partial charge in [-0.1, -0.05) is 0 Å². The Morgan fingerprint density at radius 3 is 2.40 bits per heavy atom. The molecule has 0 heterocycles. The van der Waals surface area contributed by atoms with Crippen LogP contribution in [-0.2, 0) is 9.59 Å². The van der Waals surface area contributed by atoms with Gasteiger partial charge in [0.15, 0.2) is 0 Å². The number of carboxylic acid groups (broad SMARTS) is 1. The molecule has 0 aliphatic heterocycles. The van der Waals surface area contributed by atoms with Crippen molar-refractivity contribution in [3.63, 3.8) is 0 Å². The van der Waals surface area contributed by atoms with Gasteiger partial charge in [-0.2, -0.15) is 0 Å². The number of thiol groups is 2. The van der Waals surface area contributed by atoms with E-state index in [9.17, 15) is 9.59 Å². The van der Waals surface area contributed by atoms with E-state index in [1.807, 2.05) is 0 Å². The van der Waals surface area contributed by atoms with E-state index in [2.05, 4.69) is 29.6 Å². The first-order chi connectivity index (χ1) is 7.02. The molecule has 0 spiro atoms. The van der Waals surface area contributed by atoms with Crippen LogP contribution in [0.1, 0.15) is 0 Å². The fourth-order valence-electron chi connectivity index (χ4n) is 0.425. The van der Waals surface area contributed by atoms with E-state index in [-0.39, 0.29) is 36.9 Å². The molecular formula is C6H12N2O3S2Se2. The molecule has 0 radical (unpaired) electrons. The molecule has 0 bridgehead atoms. The van der Waals surface area contributed by atoms with Gasteiger partial charge in [-0.25, -0.2) is 0 Å². The molecule has 88 valence electrons. The number of nitrogens with two attached hydrogens (primary N) is 1. The molecule has 0 aromatic carbocycles.